The molecule has 0 aromatic carbocycles. The quantitative estimate of drug-likeness (QED) is 0.732. The molecule has 3 aromatic heterocycles. The lowest BCUT2D eigenvalue weighted by atomic mass is 10.3. The molecule has 0 fully saturated rings. The summed E-state index contributed by atoms with van der Waals surface area (Å²) in [6, 6.07) is 3.88. The summed E-state index contributed by atoms with van der Waals surface area (Å²) in [7, 11) is 0. The number of nitrogens with zero attached hydrogens (tertiary/aromatic N) is 4. The maximum atomic E-state index is 6.06. The molecule has 3 aromatic rings. The number of anilines is 2. The smallest absolute Gasteiger partial charge is 0.191 e. The van der Waals surface area contributed by atoms with Crippen LogP contribution >= 0.6 is 22.9 Å². The topological polar surface area (TPSA) is 63.6 Å². The average Bonchev–Trinajstić information content (AvgIpc) is 2.75. The molecule has 0 saturated carbocycles. The van der Waals surface area contributed by atoms with Gasteiger partial charge >= 0.3 is 0 Å². The Morgan fingerprint density at radius 3 is 2.84 bits per heavy atom. The fourth-order valence-corrected chi connectivity index (χ4v) is 2.86. The molecule has 0 aliphatic heterocycles. The fourth-order valence-electron chi connectivity index (χ4n) is 1.66. The highest BCUT2D eigenvalue weighted by atomic mass is 35.5. The van der Waals surface area contributed by atoms with E-state index in [0.717, 1.165) is 16.2 Å². The zero-order valence-electron chi connectivity index (χ0n) is 10.3. The van der Waals surface area contributed by atoms with E-state index in [1.54, 1.807) is 13.1 Å². The van der Waals surface area contributed by atoms with Crippen LogP contribution in [-0.4, -0.2) is 19.9 Å². The molecule has 0 atom stereocenters. The first-order valence-corrected chi connectivity index (χ1v) is 6.82. The summed E-state index contributed by atoms with van der Waals surface area (Å²) in [5, 5.41) is 4.26. The highest BCUT2D eigenvalue weighted by Crippen LogP contribution is 2.30. The molecule has 7 heteroatoms. The lowest BCUT2D eigenvalue weighted by Gasteiger charge is -2.03. The van der Waals surface area contributed by atoms with Gasteiger partial charge in [0.25, 0.3) is 0 Å². The number of fused-ring (bicyclic) bond motifs is 1. The van der Waals surface area contributed by atoms with E-state index in [2.05, 4.69) is 25.3 Å². The maximum Gasteiger partial charge on any atom is 0.191 e. The van der Waals surface area contributed by atoms with Crippen molar-refractivity contribution >= 4 is 44.2 Å². The summed E-state index contributed by atoms with van der Waals surface area (Å²) in [5.74, 6) is 1.42. The summed E-state index contributed by atoms with van der Waals surface area (Å²) >= 11 is 7.49. The molecule has 19 heavy (non-hydrogen) atoms. The highest BCUT2D eigenvalue weighted by Gasteiger charge is 2.11. The first-order chi connectivity index (χ1) is 9.13. The first kappa shape index (κ1) is 12.3. The number of hydrogen-bond donors (Lipinski definition) is 1. The van der Waals surface area contributed by atoms with Crippen LogP contribution in [0.15, 0.2) is 18.3 Å². The fraction of sp³-hybridized carbons (Fsp3) is 0.167. The molecule has 0 bridgehead atoms. The Bertz CT molecular complexity index is 755. The molecule has 0 saturated heterocycles. The first-order valence-electron chi connectivity index (χ1n) is 5.63. The largest absolute Gasteiger partial charge is 0.316 e. The summed E-state index contributed by atoms with van der Waals surface area (Å²) in [6.45, 7) is 3.79. The van der Waals surface area contributed by atoms with E-state index in [-0.39, 0.29) is 0 Å². The number of halogens is 1. The van der Waals surface area contributed by atoms with Gasteiger partial charge in [-0.05, 0) is 25.5 Å². The summed E-state index contributed by atoms with van der Waals surface area (Å²) in [5.41, 5.74) is 1.67. The Morgan fingerprint density at radius 1 is 1.21 bits per heavy atom. The zero-order chi connectivity index (χ0) is 13.4. The summed E-state index contributed by atoms with van der Waals surface area (Å²) in [6.07, 6.45) is 1.74. The van der Waals surface area contributed by atoms with E-state index in [0.29, 0.717) is 21.6 Å². The van der Waals surface area contributed by atoms with Crippen molar-refractivity contribution < 1.29 is 0 Å². The number of thiazole rings is 1. The van der Waals surface area contributed by atoms with Crippen LogP contribution in [0, 0.1) is 13.8 Å². The molecule has 0 unspecified atom stereocenters. The van der Waals surface area contributed by atoms with Gasteiger partial charge in [0.15, 0.2) is 15.1 Å². The van der Waals surface area contributed by atoms with Crippen molar-refractivity contribution in [2.45, 2.75) is 13.8 Å². The Balaban J connectivity index is 2.03. The van der Waals surface area contributed by atoms with Crippen molar-refractivity contribution in [2.24, 2.45) is 0 Å². The predicted octanol–water partition coefficient (Wildman–Crippen LogP) is 3.50. The standard InChI is InChI=1S/C12H10ClN5S/c1-6-4-3-5-14-10(6)18-12-17-8-9(13)15-7(2)16-11(8)19-12/h3-5H,1-2H3,(H,14,17,18). The van der Waals surface area contributed by atoms with Gasteiger partial charge in [0, 0.05) is 6.20 Å². The van der Waals surface area contributed by atoms with Crippen LogP contribution in [-0.2, 0) is 0 Å². The van der Waals surface area contributed by atoms with Crippen LogP contribution in [0.4, 0.5) is 10.9 Å². The molecule has 0 aliphatic rings. The molecular weight excluding hydrogens is 282 g/mol. The van der Waals surface area contributed by atoms with Crippen LogP contribution in [0.5, 0.6) is 0 Å². The van der Waals surface area contributed by atoms with Gasteiger partial charge in [0.2, 0.25) is 0 Å². The number of nitrogens with one attached hydrogen (secondary N) is 1. The van der Waals surface area contributed by atoms with Gasteiger partial charge in [-0.15, -0.1) is 0 Å². The van der Waals surface area contributed by atoms with E-state index < -0.39 is 0 Å². The predicted molar refractivity (Wildman–Crippen MR) is 77.2 cm³/mol. The van der Waals surface area contributed by atoms with Gasteiger partial charge in [-0.25, -0.2) is 19.9 Å². The van der Waals surface area contributed by atoms with Crippen LogP contribution in [0.2, 0.25) is 5.15 Å². The molecule has 3 rings (SSSR count). The van der Waals surface area contributed by atoms with Crippen LogP contribution in [0.3, 0.4) is 0 Å². The molecule has 0 spiro atoms. The molecular formula is C12H10ClN5S. The van der Waals surface area contributed by atoms with Gasteiger partial charge in [-0.3, -0.25) is 0 Å². The van der Waals surface area contributed by atoms with Crippen molar-refractivity contribution in [1.29, 1.82) is 0 Å². The van der Waals surface area contributed by atoms with E-state index in [9.17, 15) is 0 Å². The molecule has 0 amide bonds. The molecule has 0 radical (unpaired) electrons. The van der Waals surface area contributed by atoms with Crippen molar-refractivity contribution in [2.75, 3.05) is 5.32 Å². The third-order valence-electron chi connectivity index (χ3n) is 2.56. The minimum absolute atomic E-state index is 0.379. The number of hydrogen-bond acceptors (Lipinski definition) is 6. The average molecular weight is 292 g/mol. The maximum absolute atomic E-state index is 6.06. The normalized spacial score (nSPS) is 10.9. The van der Waals surface area contributed by atoms with Gasteiger partial charge < -0.3 is 5.32 Å². The van der Waals surface area contributed by atoms with Crippen molar-refractivity contribution in [3.05, 3.63) is 34.9 Å². The van der Waals surface area contributed by atoms with E-state index in [1.807, 2.05) is 19.1 Å². The summed E-state index contributed by atoms with van der Waals surface area (Å²) in [4.78, 5) is 17.9. The van der Waals surface area contributed by atoms with Crippen molar-refractivity contribution in [3.8, 4) is 0 Å². The third-order valence-corrected chi connectivity index (χ3v) is 3.69. The number of pyridine rings is 1. The second kappa shape index (κ2) is 4.71. The lowest BCUT2D eigenvalue weighted by Crippen LogP contribution is -1.94. The van der Waals surface area contributed by atoms with E-state index in [4.69, 9.17) is 11.6 Å². The Labute approximate surface area is 118 Å². The van der Waals surface area contributed by atoms with E-state index >= 15 is 0 Å². The molecule has 3 heterocycles. The van der Waals surface area contributed by atoms with Crippen LogP contribution in [0.1, 0.15) is 11.4 Å². The van der Waals surface area contributed by atoms with E-state index in [1.165, 1.54) is 11.3 Å². The Kier molecular flexibility index (Phi) is 3.04. The number of aromatic nitrogens is 4. The van der Waals surface area contributed by atoms with Gasteiger partial charge in [0.05, 0.1) is 0 Å². The molecule has 96 valence electrons. The number of aryl methyl sites for hydroxylation is 2. The van der Waals surface area contributed by atoms with Crippen LogP contribution < -0.4 is 5.32 Å². The van der Waals surface area contributed by atoms with Crippen molar-refractivity contribution in [3.63, 3.8) is 0 Å². The van der Waals surface area contributed by atoms with Crippen molar-refractivity contribution in [1.82, 2.24) is 19.9 Å². The Hall–Kier alpha value is -1.79. The lowest BCUT2D eigenvalue weighted by molar-refractivity contribution is 1.09. The minimum atomic E-state index is 0.379. The SMILES string of the molecule is Cc1nc(Cl)c2nc(Nc3ncccc3C)sc2n1. The second-order valence-electron chi connectivity index (χ2n) is 4.03. The van der Waals surface area contributed by atoms with Crippen LogP contribution in [0.25, 0.3) is 10.3 Å². The van der Waals surface area contributed by atoms with Gasteiger partial charge in [0.1, 0.15) is 17.2 Å². The zero-order valence-corrected chi connectivity index (χ0v) is 11.9. The minimum Gasteiger partial charge on any atom is -0.316 e. The summed E-state index contributed by atoms with van der Waals surface area (Å²) < 4.78 is 0. The highest BCUT2D eigenvalue weighted by molar-refractivity contribution is 7.21. The third kappa shape index (κ3) is 2.36. The monoisotopic (exact) mass is 291 g/mol. The second-order valence-corrected chi connectivity index (χ2v) is 5.36. The Morgan fingerprint density at radius 2 is 2.05 bits per heavy atom. The molecule has 0 aliphatic carbocycles. The molecule has 1 N–H and O–H groups in total. The molecule has 5 nitrogen and oxygen atoms in total. The number of rotatable bonds is 2. The van der Waals surface area contributed by atoms with Gasteiger partial charge in [-0.2, -0.15) is 0 Å². The van der Waals surface area contributed by atoms with Gasteiger partial charge in [-0.1, -0.05) is 29.0 Å².